The number of alkyl halides is 3. The zero-order chi connectivity index (χ0) is 15.6. The number of halogens is 4. The lowest BCUT2D eigenvalue weighted by atomic mass is 9.81. The van der Waals surface area contributed by atoms with Crippen LogP contribution in [0.25, 0.3) is 0 Å². The minimum atomic E-state index is -4.15. The van der Waals surface area contributed by atoms with E-state index in [1.165, 1.54) is 0 Å². The third-order valence-electron chi connectivity index (χ3n) is 3.83. The number of hydrogen-bond donors (Lipinski definition) is 1. The number of nitrogens with zero attached hydrogens (tertiary/aromatic N) is 1. The maximum atomic E-state index is 12.6. The maximum absolute atomic E-state index is 12.6. The van der Waals surface area contributed by atoms with Crippen molar-refractivity contribution in [3.05, 3.63) is 22.3 Å². The van der Waals surface area contributed by atoms with Crippen molar-refractivity contribution in [2.75, 3.05) is 5.32 Å². The maximum Gasteiger partial charge on any atom is 0.391 e. The Labute approximate surface area is 129 Å². The number of nitrogens with one attached hydrogen (secondary N) is 1. The lowest BCUT2D eigenvalue weighted by Crippen LogP contribution is -2.32. The highest BCUT2D eigenvalue weighted by atomic mass is 79.9. The molecule has 21 heavy (non-hydrogen) atoms. The first kappa shape index (κ1) is 16.3. The molecule has 0 unspecified atom stereocenters. The molecule has 1 N–H and O–H groups in total. The van der Waals surface area contributed by atoms with Crippen LogP contribution in [0, 0.1) is 18.8 Å². The molecule has 2 rings (SSSR count). The second kappa shape index (κ2) is 6.34. The van der Waals surface area contributed by atoms with E-state index >= 15 is 0 Å². The van der Waals surface area contributed by atoms with Crippen LogP contribution in [-0.2, 0) is 4.79 Å². The molecule has 0 atom stereocenters. The molecule has 0 aliphatic heterocycles. The largest absolute Gasteiger partial charge is 0.391 e. The van der Waals surface area contributed by atoms with Crippen molar-refractivity contribution in [1.82, 2.24) is 4.98 Å². The Morgan fingerprint density at radius 3 is 2.43 bits per heavy atom. The molecule has 116 valence electrons. The third kappa shape index (κ3) is 4.18. The standard InChI is InChI=1S/C14H16BrF3N2O/c1-8-11(15)6-7-12(19-8)20-13(21)9-2-4-10(5-3-9)14(16,17)18/h6-7,9-10H,2-5H2,1H3,(H,19,20,21). The van der Waals surface area contributed by atoms with Crippen molar-refractivity contribution in [2.45, 2.75) is 38.8 Å². The molecule has 1 aromatic heterocycles. The Hall–Kier alpha value is -1.11. The van der Waals surface area contributed by atoms with Crippen LogP contribution in [0.2, 0.25) is 0 Å². The Bertz CT molecular complexity index is 525. The van der Waals surface area contributed by atoms with Gasteiger partial charge in [0, 0.05) is 10.4 Å². The number of anilines is 1. The molecular weight excluding hydrogens is 349 g/mol. The Morgan fingerprint density at radius 2 is 1.90 bits per heavy atom. The summed E-state index contributed by atoms with van der Waals surface area (Å²) in [4.78, 5) is 16.3. The van der Waals surface area contributed by atoms with Crippen LogP contribution in [-0.4, -0.2) is 17.1 Å². The van der Waals surface area contributed by atoms with Gasteiger partial charge in [0.1, 0.15) is 5.82 Å². The van der Waals surface area contributed by atoms with Crippen LogP contribution < -0.4 is 5.32 Å². The summed E-state index contributed by atoms with van der Waals surface area (Å²) in [5.74, 6) is -1.45. The van der Waals surface area contributed by atoms with Crippen LogP contribution in [0.4, 0.5) is 19.0 Å². The van der Waals surface area contributed by atoms with Crippen LogP contribution in [0.3, 0.4) is 0 Å². The number of carbonyl (C=O) groups excluding carboxylic acids is 1. The van der Waals surface area contributed by atoms with E-state index in [4.69, 9.17) is 0 Å². The van der Waals surface area contributed by atoms with Gasteiger partial charge >= 0.3 is 6.18 Å². The number of pyridine rings is 1. The van der Waals surface area contributed by atoms with Crippen molar-refractivity contribution in [3.8, 4) is 0 Å². The van der Waals surface area contributed by atoms with E-state index in [0.29, 0.717) is 5.82 Å². The minimum absolute atomic E-state index is 0.0222. The molecule has 1 saturated carbocycles. The summed E-state index contributed by atoms with van der Waals surface area (Å²) in [6.07, 6.45) is -3.56. The van der Waals surface area contributed by atoms with E-state index in [0.717, 1.165) is 10.2 Å². The van der Waals surface area contributed by atoms with E-state index in [1.54, 1.807) is 19.1 Å². The molecule has 0 bridgehead atoms. The number of hydrogen-bond acceptors (Lipinski definition) is 2. The van der Waals surface area contributed by atoms with Gasteiger partial charge in [0.15, 0.2) is 0 Å². The van der Waals surface area contributed by atoms with Crippen LogP contribution in [0.1, 0.15) is 31.4 Å². The van der Waals surface area contributed by atoms with Crippen molar-refractivity contribution in [1.29, 1.82) is 0 Å². The molecule has 1 aliphatic rings. The molecule has 0 radical (unpaired) electrons. The first-order chi connectivity index (χ1) is 9.77. The van der Waals surface area contributed by atoms with E-state index in [2.05, 4.69) is 26.2 Å². The fourth-order valence-corrected chi connectivity index (χ4v) is 2.75. The molecular formula is C14H16BrF3N2O. The molecule has 1 heterocycles. The van der Waals surface area contributed by atoms with Crippen LogP contribution in [0.5, 0.6) is 0 Å². The fourth-order valence-electron chi connectivity index (χ4n) is 2.52. The second-order valence-corrected chi connectivity index (χ2v) is 6.20. The number of aromatic nitrogens is 1. The van der Waals surface area contributed by atoms with Crippen LogP contribution >= 0.6 is 15.9 Å². The van der Waals surface area contributed by atoms with E-state index < -0.39 is 12.1 Å². The molecule has 0 spiro atoms. The molecule has 0 saturated heterocycles. The smallest absolute Gasteiger partial charge is 0.310 e. The molecule has 0 aromatic carbocycles. The molecule has 7 heteroatoms. The van der Waals surface area contributed by atoms with Crippen molar-refractivity contribution in [2.24, 2.45) is 11.8 Å². The molecule has 3 nitrogen and oxygen atoms in total. The highest BCUT2D eigenvalue weighted by molar-refractivity contribution is 9.10. The SMILES string of the molecule is Cc1nc(NC(=O)C2CCC(C(F)(F)F)CC2)ccc1Br. The summed E-state index contributed by atoms with van der Waals surface area (Å²) in [7, 11) is 0. The molecule has 1 amide bonds. The van der Waals surface area contributed by atoms with E-state index in [9.17, 15) is 18.0 Å². The average molecular weight is 365 g/mol. The van der Waals surface area contributed by atoms with Gasteiger partial charge in [0.25, 0.3) is 0 Å². The van der Waals surface area contributed by atoms with E-state index in [-0.39, 0.29) is 37.5 Å². The number of carbonyl (C=O) groups is 1. The summed E-state index contributed by atoms with van der Waals surface area (Å²) >= 11 is 3.32. The van der Waals surface area contributed by atoms with Crippen molar-refractivity contribution < 1.29 is 18.0 Å². The van der Waals surface area contributed by atoms with Gasteiger partial charge in [-0.2, -0.15) is 13.2 Å². The van der Waals surface area contributed by atoms with Gasteiger partial charge in [-0.1, -0.05) is 0 Å². The fraction of sp³-hybridized carbons (Fsp3) is 0.571. The molecule has 1 aliphatic carbocycles. The summed E-state index contributed by atoms with van der Waals surface area (Å²) < 4.78 is 38.6. The third-order valence-corrected chi connectivity index (χ3v) is 4.67. The minimum Gasteiger partial charge on any atom is -0.310 e. The highest BCUT2D eigenvalue weighted by Crippen LogP contribution is 2.39. The average Bonchev–Trinajstić information content (AvgIpc) is 2.42. The summed E-state index contributed by atoms with van der Waals surface area (Å²) in [5, 5.41) is 2.68. The number of rotatable bonds is 2. The lowest BCUT2D eigenvalue weighted by molar-refractivity contribution is -0.184. The summed E-state index contributed by atoms with van der Waals surface area (Å²) in [6.45, 7) is 1.80. The zero-order valence-corrected chi connectivity index (χ0v) is 13.1. The quantitative estimate of drug-likeness (QED) is 0.841. The highest BCUT2D eigenvalue weighted by Gasteiger charge is 2.42. The van der Waals surface area contributed by atoms with Gasteiger partial charge in [-0.15, -0.1) is 0 Å². The summed E-state index contributed by atoms with van der Waals surface area (Å²) in [5.41, 5.74) is 0.744. The van der Waals surface area contributed by atoms with Gasteiger partial charge in [-0.05, 0) is 60.7 Å². The topological polar surface area (TPSA) is 42.0 Å². The Kier molecular flexibility index (Phi) is 4.91. The summed E-state index contributed by atoms with van der Waals surface area (Å²) in [6, 6.07) is 3.44. The molecule has 1 aromatic rings. The number of aryl methyl sites for hydroxylation is 1. The van der Waals surface area contributed by atoms with Crippen molar-refractivity contribution >= 4 is 27.7 Å². The van der Waals surface area contributed by atoms with Crippen molar-refractivity contribution in [3.63, 3.8) is 0 Å². The Balaban J connectivity index is 1.92. The van der Waals surface area contributed by atoms with E-state index in [1.807, 2.05) is 0 Å². The predicted molar refractivity (Wildman–Crippen MR) is 76.8 cm³/mol. The second-order valence-electron chi connectivity index (χ2n) is 5.34. The van der Waals surface area contributed by atoms with Gasteiger partial charge in [0.2, 0.25) is 5.91 Å². The Morgan fingerprint density at radius 1 is 1.29 bits per heavy atom. The normalized spacial score (nSPS) is 22.9. The predicted octanol–water partition coefficient (Wildman–Crippen LogP) is 4.46. The van der Waals surface area contributed by atoms with Gasteiger partial charge in [-0.25, -0.2) is 4.98 Å². The first-order valence-corrected chi connectivity index (χ1v) is 7.57. The number of amides is 1. The molecule has 1 fully saturated rings. The monoisotopic (exact) mass is 364 g/mol. The first-order valence-electron chi connectivity index (χ1n) is 6.78. The lowest BCUT2D eigenvalue weighted by Gasteiger charge is -2.29. The van der Waals surface area contributed by atoms with Crippen LogP contribution in [0.15, 0.2) is 16.6 Å². The van der Waals surface area contributed by atoms with Gasteiger partial charge in [0.05, 0.1) is 11.6 Å². The van der Waals surface area contributed by atoms with Gasteiger partial charge < -0.3 is 5.32 Å². The van der Waals surface area contributed by atoms with Gasteiger partial charge in [-0.3, -0.25) is 4.79 Å². The zero-order valence-electron chi connectivity index (χ0n) is 11.5.